The number of hydrogen-bond acceptors (Lipinski definition) is 4. The summed E-state index contributed by atoms with van der Waals surface area (Å²) in [6.07, 6.45) is 5.65. The van der Waals surface area contributed by atoms with Crippen molar-refractivity contribution in [3.8, 4) is 11.5 Å². The topological polar surface area (TPSA) is 67.9 Å². The van der Waals surface area contributed by atoms with Gasteiger partial charge in [0.15, 0.2) is 11.5 Å². The first-order chi connectivity index (χ1) is 13.5. The van der Waals surface area contributed by atoms with Gasteiger partial charge in [-0.2, -0.15) is 0 Å². The minimum atomic E-state index is -0.213. The Morgan fingerprint density at radius 2 is 1.86 bits per heavy atom. The van der Waals surface area contributed by atoms with E-state index in [-0.39, 0.29) is 18.4 Å². The van der Waals surface area contributed by atoms with Gasteiger partial charge in [0.2, 0.25) is 11.8 Å². The summed E-state index contributed by atoms with van der Waals surface area (Å²) in [5, 5.41) is 2.85. The van der Waals surface area contributed by atoms with Crippen LogP contribution < -0.4 is 14.8 Å². The lowest BCUT2D eigenvalue weighted by Gasteiger charge is -2.24. The lowest BCUT2D eigenvalue weighted by Crippen LogP contribution is -2.36. The molecule has 1 aromatic rings. The zero-order valence-corrected chi connectivity index (χ0v) is 17.2. The van der Waals surface area contributed by atoms with E-state index in [2.05, 4.69) is 5.32 Å². The number of likely N-dealkylation sites (N-methyl/N-ethyl adjacent to an activating group) is 1. The molecular formula is C22H32N2O4. The van der Waals surface area contributed by atoms with Gasteiger partial charge in [0.1, 0.15) is 0 Å². The van der Waals surface area contributed by atoms with Gasteiger partial charge in [0.25, 0.3) is 0 Å². The molecule has 0 aromatic heterocycles. The average Bonchev–Trinajstić information content (AvgIpc) is 3.27. The Bertz CT molecular complexity index is 706. The highest BCUT2D eigenvalue weighted by Gasteiger charge is 2.40. The van der Waals surface area contributed by atoms with Crippen molar-refractivity contribution < 1.29 is 19.1 Å². The van der Waals surface area contributed by atoms with Crippen LogP contribution in [-0.4, -0.2) is 43.5 Å². The van der Waals surface area contributed by atoms with Gasteiger partial charge in [-0.15, -0.1) is 0 Å². The molecule has 2 aliphatic carbocycles. The lowest BCUT2D eigenvalue weighted by molar-refractivity contribution is -0.134. The first-order valence-electron chi connectivity index (χ1n) is 10.4. The van der Waals surface area contributed by atoms with Crippen LogP contribution in [0.4, 0.5) is 5.69 Å². The van der Waals surface area contributed by atoms with Crippen LogP contribution in [0, 0.1) is 17.8 Å². The predicted octanol–water partition coefficient (Wildman–Crippen LogP) is 3.71. The van der Waals surface area contributed by atoms with E-state index in [1.165, 1.54) is 25.7 Å². The highest BCUT2D eigenvalue weighted by Crippen LogP contribution is 2.49. The van der Waals surface area contributed by atoms with Crippen molar-refractivity contribution in [2.75, 3.05) is 32.1 Å². The van der Waals surface area contributed by atoms with Crippen molar-refractivity contribution in [2.24, 2.45) is 17.8 Å². The van der Waals surface area contributed by atoms with Gasteiger partial charge < -0.3 is 19.7 Å². The molecule has 154 valence electrons. The van der Waals surface area contributed by atoms with E-state index in [4.69, 9.17) is 9.47 Å². The molecule has 2 saturated carbocycles. The van der Waals surface area contributed by atoms with E-state index in [1.807, 2.05) is 13.8 Å². The average molecular weight is 389 g/mol. The molecule has 2 fully saturated rings. The molecule has 0 unspecified atom stereocenters. The predicted molar refractivity (Wildman–Crippen MR) is 109 cm³/mol. The number of hydrogen-bond donors (Lipinski definition) is 1. The summed E-state index contributed by atoms with van der Waals surface area (Å²) in [4.78, 5) is 26.5. The Balaban J connectivity index is 1.51. The summed E-state index contributed by atoms with van der Waals surface area (Å²) in [5.74, 6) is 3.16. The van der Waals surface area contributed by atoms with Crippen molar-refractivity contribution in [3.05, 3.63) is 18.2 Å². The van der Waals surface area contributed by atoms with E-state index < -0.39 is 0 Å². The Morgan fingerprint density at radius 3 is 2.50 bits per heavy atom. The van der Waals surface area contributed by atoms with Crippen LogP contribution in [0.15, 0.2) is 18.2 Å². The summed E-state index contributed by atoms with van der Waals surface area (Å²) in [5.41, 5.74) is 0.630. The summed E-state index contributed by atoms with van der Waals surface area (Å²) in [7, 11) is 1.71. The molecule has 3 atom stereocenters. The minimum absolute atomic E-state index is 0.0524. The fraction of sp³-hybridized carbons (Fsp3) is 0.636. The van der Waals surface area contributed by atoms with E-state index >= 15 is 0 Å². The number of amides is 2. The largest absolute Gasteiger partial charge is 0.490 e. The third-order valence-electron chi connectivity index (χ3n) is 5.96. The summed E-state index contributed by atoms with van der Waals surface area (Å²) >= 11 is 0. The number of rotatable bonds is 9. The number of anilines is 1. The second-order valence-electron chi connectivity index (χ2n) is 7.96. The monoisotopic (exact) mass is 388 g/mol. The highest BCUT2D eigenvalue weighted by atomic mass is 16.5. The molecule has 1 N–H and O–H groups in total. The number of carbonyl (C=O) groups is 2. The van der Waals surface area contributed by atoms with Gasteiger partial charge in [0.05, 0.1) is 19.8 Å². The van der Waals surface area contributed by atoms with Gasteiger partial charge in [-0.05, 0) is 63.0 Å². The Morgan fingerprint density at radius 1 is 1.11 bits per heavy atom. The molecule has 0 aliphatic heterocycles. The molecule has 3 rings (SSSR count). The van der Waals surface area contributed by atoms with Crippen LogP contribution in [0.25, 0.3) is 0 Å². The number of fused-ring (bicyclic) bond motifs is 2. The summed E-state index contributed by atoms with van der Waals surface area (Å²) in [6, 6.07) is 5.32. The first-order valence-corrected chi connectivity index (χ1v) is 10.4. The fourth-order valence-corrected chi connectivity index (χ4v) is 4.64. The molecular weight excluding hydrogens is 356 g/mol. The summed E-state index contributed by atoms with van der Waals surface area (Å²) in [6.45, 7) is 4.92. The van der Waals surface area contributed by atoms with Crippen molar-refractivity contribution in [1.29, 1.82) is 0 Å². The minimum Gasteiger partial charge on any atom is -0.490 e. The number of nitrogens with one attached hydrogen (secondary N) is 1. The first kappa shape index (κ1) is 20.5. The maximum atomic E-state index is 12.5. The Hall–Kier alpha value is -2.24. The number of benzene rings is 1. The van der Waals surface area contributed by atoms with Crippen LogP contribution in [0.1, 0.15) is 46.0 Å². The normalized spacial score (nSPS) is 22.8. The van der Waals surface area contributed by atoms with E-state index in [0.29, 0.717) is 42.7 Å². The number of carbonyl (C=O) groups excluding carboxylic acids is 2. The molecule has 2 bridgehead atoms. The molecule has 0 radical (unpaired) electrons. The Kier molecular flexibility index (Phi) is 6.81. The van der Waals surface area contributed by atoms with Gasteiger partial charge in [-0.1, -0.05) is 6.42 Å². The SMILES string of the molecule is CCOc1ccc(NC(=O)CN(C)C(=O)C[C@H]2C[C@H]3CC[C@@H]2C3)cc1OCC. The smallest absolute Gasteiger partial charge is 0.243 e. The maximum absolute atomic E-state index is 12.5. The van der Waals surface area contributed by atoms with Gasteiger partial charge in [-0.25, -0.2) is 0 Å². The van der Waals surface area contributed by atoms with E-state index in [1.54, 1.807) is 30.1 Å². The molecule has 2 aliphatic rings. The highest BCUT2D eigenvalue weighted by molar-refractivity contribution is 5.94. The lowest BCUT2D eigenvalue weighted by atomic mass is 9.86. The van der Waals surface area contributed by atoms with Gasteiger partial charge >= 0.3 is 0 Å². The molecule has 28 heavy (non-hydrogen) atoms. The number of nitrogens with zero attached hydrogens (tertiary/aromatic N) is 1. The Labute approximate surface area is 167 Å². The molecule has 1 aromatic carbocycles. The van der Waals surface area contributed by atoms with Crippen LogP contribution in [-0.2, 0) is 9.59 Å². The second kappa shape index (κ2) is 9.30. The standard InChI is InChI=1S/C22H32N2O4/c1-4-27-19-9-8-18(13-20(19)28-5-2)23-21(25)14-24(3)22(26)12-17-11-15-6-7-16(17)10-15/h8-9,13,15-17H,4-7,10-12,14H2,1-3H3,(H,23,25)/t15-,16+,17+/m0/s1. The van der Waals surface area contributed by atoms with Gasteiger partial charge in [0, 0.05) is 25.2 Å². The zero-order valence-electron chi connectivity index (χ0n) is 17.2. The second-order valence-corrected chi connectivity index (χ2v) is 7.96. The third-order valence-corrected chi connectivity index (χ3v) is 5.96. The van der Waals surface area contributed by atoms with E-state index in [9.17, 15) is 9.59 Å². The van der Waals surface area contributed by atoms with Crippen LogP contribution >= 0.6 is 0 Å². The van der Waals surface area contributed by atoms with Crippen LogP contribution in [0.2, 0.25) is 0 Å². The maximum Gasteiger partial charge on any atom is 0.243 e. The molecule has 2 amide bonds. The van der Waals surface area contributed by atoms with Crippen molar-refractivity contribution >= 4 is 17.5 Å². The molecule has 6 heteroatoms. The van der Waals surface area contributed by atoms with Crippen LogP contribution in [0.3, 0.4) is 0 Å². The van der Waals surface area contributed by atoms with E-state index in [0.717, 1.165) is 11.8 Å². The molecule has 6 nitrogen and oxygen atoms in total. The molecule has 0 heterocycles. The molecule has 0 spiro atoms. The third kappa shape index (κ3) is 4.97. The van der Waals surface area contributed by atoms with Crippen molar-refractivity contribution in [3.63, 3.8) is 0 Å². The quantitative estimate of drug-likeness (QED) is 0.700. The van der Waals surface area contributed by atoms with Crippen LogP contribution in [0.5, 0.6) is 11.5 Å². The zero-order chi connectivity index (χ0) is 20.1. The molecule has 0 saturated heterocycles. The summed E-state index contributed by atoms with van der Waals surface area (Å²) < 4.78 is 11.1. The van der Waals surface area contributed by atoms with Crippen molar-refractivity contribution in [2.45, 2.75) is 46.0 Å². The fourth-order valence-electron chi connectivity index (χ4n) is 4.64. The van der Waals surface area contributed by atoms with Crippen molar-refractivity contribution in [1.82, 2.24) is 4.90 Å². The number of ether oxygens (including phenoxy) is 2. The van der Waals surface area contributed by atoms with Gasteiger partial charge in [-0.3, -0.25) is 9.59 Å².